The van der Waals surface area contributed by atoms with Crippen LogP contribution in [0, 0.1) is 0 Å². The molecule has 1 aromatic carbocycles. The highest BCUT2D eigenvalue weighted by Gasteiger charge is 2.42. The molecule has 0 amide bonds. The summed E-state index contributed by atoms with van der Waals surface area (Å²) >= 11 is 0. The maximum Gasteiger partial charge on any atom is 0.337 e. The summed E-state index contributed by atoms with van der Waals surface area (Å²) in [6.45, 7) is 1.64. The van der Waals surface area contributed by atoms with Gasteiger partial charge >= 0.3 is 10.3 Å². The molecule has 8 heteroatoms. The van der Waals surface area contributed by atoms with Crippen LogP contribution in [0.1, 0.15) is 18.6 Å². The smallest absolute Gasteiger partial charge is 0.337 e. The zero-order valence-corrected chi connectivity index (χ0v) is 11.4. The Morgan fingerprint density at radius 1 is 1.32 bits per heavy atom. The number of hydrogen-bond donors (Lipinski definition) is 2. The number of para-hydroxylation sites is 1. The summed E-state index contributed by atoms with van der Waals surface area (Å²) in [5, 5.41) is 0. The van der Waals surface area contributed by atoms with Crippen LogP contribution in [0.2, 0.25) is 0 Å². The van der Waals surface area contributed by atoms with E-state index in [1.54, 1.807) is 31.2 Å². The molecule has 1 heterocycles. The Balaban J connectivity index is 2.36. The third-order valence-corrected chi connectivity index (χ3v) is 3.89. The zero-order valence-electron chi connectivity index (χ0n) is 10.6. The second kappa shape index (κ2) is 5.06. The summed E-state index contributed by atoms with van der Waals surface area (Å²) in [6, 6.07) is 6.94. The van der Waals surface area contributed by atoms with Crippen molar-refractivity contribution in [2.45, 2.75) is 25.5 Å². The third kappa shape index (κ3) is 2.88. The van der Waals surface area contributed by atoms with Crippen molar-refractivity contribution in [1.82, 2.24) is 4.31 Å². The van der Waals surface area contributed by atoms with Crippen molar-refractivity contribution >= 4 is 16.0 Å². The molecule has 1 saturated heterocycles. The van der Waals surface area contributed by atoms with E-state index in [2.05, 4.69) is 0 Å². The first-order chi connectivity index (χ1) is 8.80. The minimum Gasteiger partial charge on any atom is -0.398 e. The number of likely N-dealkylation sites (N-methyl/N-ethyl adjacent to an activating group) is 1. The lowest BCUT2D eigenvalue weighted by Crippen LogP contribution is -2.39. The van der Waals surface area contributed by atoms with Crippen LogP contribution in [0.4, 0.5) is 5.69 Å². The topological polar surface area (TPSA) is 102 Å². The van der Waals surface area contributed by atoms with Gasteiger partial charge < -0.3 is 15.2 Å². The number of nitrogen functional groups attached to an aromatic ring is 1. The summed E-state index contributed by atoms with van der Waals surface area (Å²) in [5.41, 5.74) is 6.94. The van der Waals surface area contributed by atoms with Gasteiger partial charge in [-0.1, -0.05) is 18.2 Å². The molecule has 1 aliphatic heterocycles. The molecular weight excluding hydrogens is 272 g/mol. The van der Waals surface area contributed by atoms with Crippen LogP contribution in [0.5, 0.6) is 0 Å². The molecular formula is C11H16N2O5S. The van der Waals surface area contributed by atoms with Crippen LogP contribution in [0.3, 0.4) is 0 Å². The first-order valence-corrected chi connectivity index (χ1v) is 7.06. The molecule has 3 atom stereocenters. The van der Waals surface area contributed by atoms with Crippen molar-refractivity contribution in [1.29, 1.82) is 0 Å². The van der Waals surface area contributed by atoms with Crippen molar-refractivity contribution < 1.29 is 22.4 Å². The molecule has 19 heavy (non-hydrogen) atoms. The molecule has 0 spiro atoms. The fourth-order valence-corrected chi connectivity index (χ4v) is 2.40. The van der Waals surface area contributed by atoms with Crippen LogP contribution in [0.25, 0.3) is 0 Å². The monoisotopic (exact) mass is 288 g/mol. The normalized spacial score (nSPS) is 27.9. The molecule has 3 N–H and O–H groups in total. The van der Waals surface area contributed by atoms with E-state index in [1.807, 2.05) is 0 Å². The Labute approximate surface area is 111 Å². The van der Waals surface area contributed by atoms with Crippen LogP contribution >= 0.6 is 0 Å². The Kier molecular flexibility index (Phi) is 3.79. The highest BCUT2D eigenvalue weighted by Crippen LogP contribution is 2.36. The van der Waals surface area contributed by atoms with Crippen LogP contribution in [-0.4, -0.2) is 36.8 Å². The summed E-state index contributed by atoms with van der Waals surface area (Å²) in [5.74, 6) is 0. The zero-order chi connectivity index (χ0) is 14.2. The molecule has 2 rings (SSSR count). The standard InChI is InChI=1S/C11H16N2O5S/c1-7-17-10(8-5-3-4-6-9(8)12)11(18-7)13(2)19(14,15)16/h3-7,10-11H,12H2,1-2H3,(H,14,15,16). The lowest BCUT2D eigenvalue weighted by molar-refractivity contribution is -0.0637. The van der Waals surface area contributed by atoms with Gasteiger partial charge in [0.25, 0.3) is 0 Å². The Morgan fingerprint density at radius 2 is 1.95 bits per heavy atom. The minimum atomic E-state index is -4.38. The summed E-state index contributed by atoms with van der Waals surface area (Å²) in [7, 11) is -3.16. The van der Waals surface area contributed by atoms with E-state index in [-0.39, 0.29) is 0 Å². The van der Waals surface area contributed by atoms with Gasteiger partial charge in [-0.3, -0.25) is 4.55 Å². The molecule has 106 valence electrons. The number of anilines is 1. The van der Waals surface area contributed by atoms with Crippen molar-refractivity contribution in [3.8, 4) is 0 Å². The first kappa shape index (κ1) is 14.2. The number of benzene rings is 1. The molecule has 0 radical (unpaired) electrons. The molecule has 0 bridgehead atoms. The van der Waals surface area contributed by atoms with Crippen molar-refractivity contribution in [3.63, 3.8) is 0 Å². The first-order valence-electron chi connectivity index (χ1n) is 5.66. The summed E-state index contributed by atoms with van der Waals surface area (Å²) in [4.78, 5) is 0. The maximum atomic E-state index is 11.2. The molecule has 1 aliphatic rings. The number of nitrogens with two attached hydrogens (primary N) is 1. The third-order valence-electron chi connectivity index (χ3n) is 2.95. The van der Waals surface area contributed by atoms with E-state index in [1.165, 1.54) is 7.05 Å². The number of nitrogens with zero attached hydrogens (tertiary/aromatic N) is 1. The van der Waals surface area contributed by atoms with E-state index in [9.17, 15) is 8.42 Å². The number of rotatable bonds is 3. The van der Waals surface area contributed by atoms with Gasteiger partial charge in [-0.15, -0.1) is 0 Å². The Morgan fingerprint density at radius 3 is 2.53 bits per heavy atom. The number of ether oxygens (including phenoxy) is 2. The van der Waals surface area contributed by atoms with Gasteiger partial charge in [0.15, 0.2) is 12.5 Å². The second-order valence-electron chi connectivity index (χ2n) is 4.27. The van der Waals surface area contributed by atoms with Gasteiger partial charge in [-0.05, 0) is 13.0 Å². The van der Waals surface area contributed by atoms with Gasteiger partial charge in [0, 0.05) is 18.3 Å². The van der Waals surface area contributed by atoms with Crippen LogP contribution in [0.15, 0.2) is 24.3 Å². The molecule has 1 aromatic rings. The van der Waals surface area contributed by atoms with Gasteiger partial charge in [-0.2, -0.15) is 12.7 Å². The molecule has 0 aromatic heterocycles. The van der Waals surface area contributed by atoms with E-state index in [0.717, 1.165) is 0 Å². The second-order valence-corrected chi connectivity index (χ2v) is 5.75. The van der Waals surface area contributed by atoms with E-state index in [4.69, 9.17) is 19.8 Å². The van der Waals surface area contributed by atoms with Gasteiger partial charge in [0.05, 0.1) is 0 Å². The quantitative estimate of drug-likeness (QED) is 0.629. The average Bonchev–Trinajstić information content (AvgIpc) is 2.69. The predicted octanol–water partition coefficient (Wildman–Crippen LogP) is 0.763. The average molecular weight is 288 g/mol. The predicted molar refractivity (Wildman–Crippen MR) is 68.3 cm³/mol. The lowest BCUT2D eigenvalue weighted by atomic mass is 10.1. The fourth-order valence-electron chi connectivity index (χ4n) is 1.98. The molecule has 7 nitrogen and oxygen atoms in total. The highest BCUT2D eigenvalue weighted by atomic mass is 32.2. The largest absolute Gasteiger partial charge is 0.398 e. The Hall–Kier alpha value is -1.19. The van der Waals surface area contributed by atoms with E-state index < -0.39 is 28.9 Å². The molecule has 0 saturated carbocycles. The fraction of sp³-hybridized carbons (Fsp3) is 0.455. The lowest BCUT2D eigenvalue weighted by Gasteiger charge is -2.24. The van der Waals surface area contributed by atoms with Gasteiger partial charge in [0.2, 0.25) is 0 Å². The molecule has 1 fully saturated rings. The molecule has 3 unspecified atom stereocenters. The summed E-state index contributed by atoms with van der Waals surface area (Å²) < 4.78 is 43.1. The number of hydrogen-bond acceptors (Lipinski definition) is 5. The summed E-state index contributed by atoms with van der Waals surface area (Å²) in [6.07, 6.45) is -2.25. The Bertz CT molecular complexity index is 562. The van der Waals surface area contributed by atoms with E-state index >= 15 is 0 Å². The SMILES string of the molecule is CC1OC(c2ccccc2N)C(N(C)S(=O)(=O)O)O1. The highest BCUT2D eigenvalue weighted by molar-refractivity contribution is 7.83. The van der Waals surface area contributed by atoms with E-state index in [0.29, 0.717) is 15.6 Å². The van der Waals surface area contributed by atoms with Crippen LogP contribution in [-0.2, 0) is 19.8 Å². The van der Waals surface area contributed by atoms with Crippen molar-refractivity contribution in [2.24, 2.45) is 0 Å². The molecule has 0 aliphatic carbocycles. The van der Waals surface area contributed by atoms with Crippen LogP contribution < -0.4 is 5.73 Å². The van der Waals surface area contributed by atoms with Crippen molar-refractivity contribution in [2.75, 3.05) is 12.8 Å². The van der Waals surface area contributed by atoms with Crippen molar-refractivity contribution in [3.05, 3.63) is 29.8 Å². The maximum absolute atomic E-state index is 11.2. The van der Waals surface area contributed by atoms with Gasteiger partial charge in [0.1, 0.15) is 6.10 Å². The minimum absolute atomic E-state index is 0.471. The van der Waals surface area contributed by atoms with Gasteiger partial charge in [-0.25, -0.2) is 0 Å².